The van der Waals surface area contributed by atoms with Crippen LogP contribution in [0.15, 0.2) is 0 Å². The van der Waals surface area contributed by atoms with E-state index < -0.39 is 6.10 Å². The number of aliphatic hydroxyl groups excluding tert-OH is 1. The van der Waals surface area contributed by atoms with Crippen molar-refractivity contribution in [2.24, 2.45) is 0 Å². The van der Waals surface area contributed by atoms with Crippen molar-refractivity contribution in [2.45, 2.75) is 51.7 Å². The molecule has 0 aromatic carbocycles. The standard InChI is InChI=1S/C16H31N3O2/c1-3-5-11-21-14-16(20)13-18-7-9-19(10-8-18)15(12-17)6-4-2/h15-16,20H,3-11,13-14H2,1-2H3. The summed E-state index contributed by atoms with van der Waals surface area (Å²) in [4.78, 5) is 4.54. The molecule has 1 aliphatic rings. The van der Waals surface area contributed by atoms with Gasteiger partial charge in [-0.15, -0.1) is 0 Å². The van der Waals surface area contributed by atoms with Gasteiger partial charge in [0.1, 0.15) is 0 Å². The number of unbranched alkanes of at least 4 members (excludes halogenated alkanes) is 1. The highest BCUT2D eigenvalue weighted by Gasteiger charge is 2.24. The van der Waals surface area contributed by atoms with Crippen molar-refractivity contribution in [1.29, 1.82) is 5.26 Å². The minimum Gasteiger partial charge on any atom is -0.389 e. The molecule has 0 aliphatic carbocycles. The Balaban J connectivity index is 2.19. The van der Waals surface area contributed by atoms with Crippen LogP contribution in [0, 0.1) is 11.3 Å². The second-order valence-electron chi connectivity index (χ2n) is 5.85. The quantitative estimate of drug-likeness (QED) is 0.619. The average Bonchev–Trinajstić information content (AvgIpc) is 2.50. The van der Waals surface area contributed by atoms with Gasteiger partial charge >= 0.3 is 0 Å². The Morgan fingerprint density at radius 2 is 1.90 bits per heavy atom. The normalized spacial score (nSPS) is 20.1. The van der Waals surface area contributed by atoms with Crippen molar-refractivity contribution in [3.8, 4) is 6.07 Å². The Hall–Kier alpha value is -0.670. The van der Waals surface area contributed by atoms with Crippen LogP contribution < -0.4 is 0 Å². The third-order valence-corrected chi connectivity index (χ3v) is 3.98. The molecule has 1 heterocycles. The fraction of sp³-hybridized carbons (Fsp3) is 0.938. The van der Waals surface area contributed by atoms with Crippen molar-refractivity contribution in [2.75, 3.05) is 45.9 Å². The zero-order valence-electron chi connectivity index (χ0n) is 13.6. The molecule has 0 amide bonds. The summed E-state index contributed by atoms with van der Waals surface area (Å²) in [6.45, 7) is 9.77. The highest BCUT2D eigenvalue weighted by Crippen LogP contribution is 2.11. The van der Waals surface area contributed by atoms with Gasteiger partial charge in [0.05, 0.1) is 24.8 Å². The number of aliphatic hydroxyl groups is 1. The van der Waals surface area contributed by atoms with Crippen LogP contribution in [0.1, 0.15) is 39.5 Å². The zero-order chi connectivity index (χ0) is 15.5. The molecule has 122 valence electrons. The number of nitrogens with zero attached hydrogens (tertiary/aromatic N) is 3. The molecule has 5 nitrogen and oxygen atoms in total. The topological polar surface area (TPSA) is 59.7 Å². The van der Waals surface area contributed by atoms with Crippen LogP contribution in [-0.4, -0.2) is 73.0 Å². The molecule has 0 aromatic heterocycles. The zero-order valence-corrected chi connectivity index (χ0v) is 13.6. The summed E-state index contributed by atoms with van der Waals surface area (Å²) in [6, 6.07) is 2.46. The van der Waals surface area contributed by atoms with E-state index in [4.69, 9.17) is 4.74 Å². The maximum Gasteiger partial charge on any atom is 0.0978 e. The summed E-state index contributed by atoms with van der Waals surface area (Å²) in [7, 11) is 0. The van der Waals surface area contributed by atoms with Crippen LogP contribution in [-0.2, 0) is 4.74 Å². The van der Waals surface area contributed by atoms with Gasteiger partial charge in [0.2, 0.25) is 0 Å². The molecule has 21 heavy (non-hydrogen) atoms. The maximum absolute atomic E-state index is 9.97. The number of rotatable bonds is 10. The first kappa shape index (κ1) is 18.4. The molecule has 1 fully saturated rings. The number of ether oxygens (including phenoxy) is 1. The van der Waals surface area contributed by atoms with E-state index in [1.807, 2.05) is 0 Å². The maximum atomic E-state index is 9.97. The summed E-state index contributed by atoms with van der Waals surface area (Å²) in [6.07, 6.45) is 3.76. The summed E-state index contributed by atoms with van der Waals surface area (Å²) in [5, 5.41) is 19.2. The second kappa shape index (κ2) is 11.0. The molecule has 1 aliphatic heterocycles. The Bertz CT molecular complexity index is 298. The first-order valence-corrected chi connectivity index (χ1v) is 8.33. The predicted molar refractivity (Wildman–Crippen MR) is 84.1 cm³/mol. The molecule has 2 atom stereocenters. The Kier molecular flexibility index (Phi) is 9.60. The molecule has 2 unspecified atom stereocenters. The number of piperazine rings is 1. The van der Waals surface area contributed by atoms with E-state index in [2.05, 4.69) is 29.7 Å². The Morgan fingerprint density at radius 3 is 2.48 bits per heavy atom. The lowest BCUT2D eigenvalue weighted by atomic mass is 10.1. The minimum absolute atomic E-state index is 0.0550. The summed E-state index contributed by atoms with van der Waals surface area (Å²) < 4.78 is 5.46. The van der Waals surface area contributed by atoms with Crippen LogP contribution in [0.3, 0.4) is 0 Å². The van der Waals surface area contributed by atoms with E-state index in [1.165, 1.54) is 0 Å². The molecule has 1 saturated heterocycles. The van der Waals surface area contributed by atoms with Gasteiger partial charge in [0, 0.05) is 39.3 Å². The van der Waals surface area contributed by atoms with E-state index in [-0.39, 0.29) is 6.04 Å². The average molecular weight is 297 g/mol. The van der Waals surface area contributed by atoms with Crippen LogP contribution >= 0.6 is 0 Å². The molecule has 0 aromatic rings. The van der Waals surface area contributed by atoms with E-state index in [1.54, 1.807) is 0 Å². The number of β-amino-alcohol motifs (C(OH)–C–C–N with tert-alkyl or cyclic N) is 1. The lowest BCUT2D eigenvalue weighted by Gasteiger charge is -2.37. The molecule has 0 radical (unpaired) electrons. The van der Waals surface area contributed by atoms with Crippen molar-refractivity contribution >= 4 is 0 Å². The van der Waals surface area contributed by atoms with E-state index in [0.29, 0.717) is 13.2 Å². The van der Waals surface area contributed by atoms with Crippen LogP contribution in [0.25, 0.3) is 0 Å². The number of hydrogen-bond donors (Lipinski definition) is 1. The first-order valence-electron chi connectivity index (χ1n) is 8.33. The molecular formula is C16H31N3O2. The summed E-state index contributed by atoms with van der Waals surface area (Å²) in [5.74, 6) is 0. The minimum atomic E-state index is -0.407. The Labute approximate surface area is 129 Å². The van der Waals surface area contributed by atoms with E-state index >= 15 is 0 Å². The molecular weight excluding hydrogens is 266 g/mol. The third-order valence-electron chi connectivity index (χ3n) is 3.98. The molecule has 1 N–H and O–H groups in total. The van der Waals surface area contributed by atoms with Crippen molar-refractivity contribution in [1.82, 2.24) is 9.80 Å². The lowest BCUT2D eigenvalue weighted by molar-refractivity contribution is 0.00442. The summed E-state index contributed by atoms with van der Waals surface area (Å²) >= 11 is 0. The molecule has 0 saturated carbocycles. The Morgan fingerprint density at radius 1 is 1.19 bits per heavy atom. The molecule has 5 heteroatoms. The van der Waals surface area contributed by atoms with Crippen LogP contribution in [0.4, 0.5) is 0 Å². The third kappa shape index (κ3) is 7.23. The second-order valence-corrected chi connectivity index (χ2v) is 5.85. The number of hydrogen-bond acceptors (Lipinski definition) is 5. The smallest absolute Gasteiger partial charge is 0.0978 e. The monoisotopic (exact) mass is 297 g/mol. The van der Waals surface area contributed by atoms with Gasteiger partial charge in [0.25, 0.3) is 0 Å². The number of nitriles is 1. The highest BCUT2D eigenvalue weighted by atomic mass is 16.5. The van der Waals surface area contributed by atoms with Gasteiger partial charge in [-0.1, -0.05) is 26.7 Å². The van der Waals surface area contributed by atoms with E-state index in [9.17, 15) is 10.4 Å². The van der Waals surface area contributed by atoms with Gasteiger partial charge in [-0.05, 0) is 12.8 Å². The van der Waals surface area contributed by atoms with Crippen LogP contribution in [0.2, 0.25) is 0 Å². The van der Waals surface area contributed by atoms with Gasteiger partial charge < -0.3 is 9.84 Å². The van der Waals surface area contributed by atoms with Gasteiger partial charge in [0.15, 0.2) is 0 Å². The van der Waals surface area contributed by atoms with Crippen LogP contribution in [0.5, 0.6) is 0 Å². The van der Waals surface area contributed by atoms with Gasteiger partial charge in [-0.25, -0.2) is 0 Å². The fourth-order valence-corrected chi connectivity index (χ4v) is 2.68. The molecule has 0 bridgehead atoms. The SMILES string of the molecule is CCCCOCC(O)CN1CCN(C(C#N)CCC)CC1. The van der Waals surface area contributed by atoms with Gasteiger partial charge in [-0.2, -0.15) is 5.26 Å². The van der Waals surface area contributed by atoms with Crippen molar-refractivity contribution < 1.29 is 9.84 Å². The predicted octanol–water partition coefficient (Wildman–Crippen LogP) is 1.47. The van der Waals surface area contributed by atoms with Gasteiger partial charge in [-0.3, -0.25) is 9.80 Å². The summed E-state index contributed by atoms with van der Waals surface area (Å²) in [5.41, 5.74) is 0. The lowest BCUT2D eigenvalue weighted by Crippen LogP contribution is -2.51. The fourth-order valence-electron chi connectivity index (χ4n) is 2.68. The largest absolute Gasteiger partial charge is 0.389 e. The van der Waals surface area contributed by atoms with Crippen molar-refractivity contribution in [3.63, 3.8) is 0 Å². The van der Waals surface area contributed by atoms with Crippen molar-refractivity contribution in [3.05, 3.63) is 0 Å². The molecule has 0 spiro atoms. The highest BCUT2D eigenvalue weighted by molar-refractivity contribution is 4.93. The van der Waals surface area contributed by atoms with E-state index in [0.717, 1.165) is 58.5 Å². The first-order chi connectivity index (χ1) is 10.2. The molecule has 1 rings (SSSR count).